The molecule has 0 atom stereocenters. The summed E-state index contributed by atoms with van der Waals surface area (Å²) in [6.07, 6.45) is 8.22. The van der Waals surface area contributed by atoms with Crippen molar-refractivity contribution in [3.05, 3.63) is 126 Å². The number of benzene rings is 4. The van der Waals surface area contributed by atoms with Gasteiger partial charge in [0.1, 0.15) is 11.5 Å². The van der Waals surface area contributed by atoms with Crippen LogP contribution in [0.25, 0.3) is 23.3 Å². The van der Waals surface area contributed by atoms with Gasteiger partial charge in [-0.1, -0.05) is 78.9 Å². The van der Waals surface area contributed by atoms with Crippen LogP contribution >= 0.6 is 0 Å². The van der Waals surface area contributed by atoms with Crippen LogP contribution in [-0.4, -0.2) is 37.7 Å². The number of para-hydroxylation sites is 2. The molecule has 0 spiro atoms. The molecule has 0 unspecified atom stereocenters. The van der Waals surface area contributed by atoms with E-state index in [1.807, 2.05) is 114 Å². The van der Waals surface area contributed by atoms with Gasteiger partial charge in [0, 0.05) is 0 Å². The van der Waals surface area contributed by atoms with E-state index < -0.39 is 15.1 Å². The molecule has 0 fully saturated rings. The summed E-state index contributed by atoms with van der Waals surface area (Å²) < 4.78 is 23.5. The van der Waals surface area contributed by atoms with E-state index in [0.29, 0.717) is 17.2 Å². The Labute approximate surface area is 240 Å². The molecular weight excluding hydrogens is 511 g/mol. The largest absolute Gasteiger partial charge is 1.20 e. The first-order valence-corrected chi connectivity index (χ1v) is 14.6. The number of hydrogen-bond donors (Lipinski definition) is 0. The monoisotopic (exact) mass is 540 g/mol. The van der Waals surface area contributed by atoms with Crippen LogP contribution < -0.4 is 11.4 Å². The molecule has 0 aliphatic carbocycles. The van der Waals surface area contributed by atoms with E-state index in [4.69, 9.17) is 11.4 Å². The molecule has 6 heteroatoms. The van der Waals surface area contributed by atoms with Gasteiger partial charge >= 0.3 is 15.1 Å². The van der Waals surface area contributed by atoms with E-state index in [1.165, 1.54) is 0 Å². The van der Waals surface area contributed by atoms with Gasteiger partial charge in [-0.2, -0.15) is 0 Å². The van der Waals surface area contributed by atoms with Crippen LogP contribution in [0.4, 0.5) is 11.4 Å². The summed E-state index contributed by atoms with van der Waals surface area (Å²) in [6.45, 7) is 12.5. The van der Waals surface area contributed by atoms with Gasteiger partial charge in [0.2, 0.25) is 0 Å². The minimum Gasteiger partial charge on any atom is -0.580 e. The summed E-state index contributed by atoms with van der Waals surface area (Å²) in [4.78, 5) is 0. The third-order valence-electron chi connectivity index (χ3n) is 7.10. The number of nitrogens with zero attached hydrogens (tertiary/aromatic N) is 2. The van der Waals surface area contributed by atoms with Crippen LogP contribution in [0.15, 0.2) is 103 Å². The summed E-state index contributed by atoms with van der Waals surface area (Å²) >= 11 is -2.87. The van der Waals surface area contributed by atoms with Crippen molar-refractivity contribution >= 4 is 52.1 Å². The lowest BCUT2D eigenvalue weighted by Crippen LogP contribution is -2.37. The second-order valence-electron chi connectivity index (χ2n) is 9.73. The first kappa shape index (κ1) is 25.6. The summed E-state index contributed by atoms with van der Waals surface area (Å²) in [5.41, 5.74) is 6.06. The Kier molecular flexibility index (Phi) is 6.96. The molecule has 2 aliphatic rings. The molecule has 40 heavy (non-hydrogen) atoms. The van der Waals surface area contributed by atoms with Gasteiger partial charge in [-0.05, 0) is 60.4 Å². The van der Waals surface area contributed by atoms with Crippen molar-refractivity contribution in [3.8, 4) is 28.4 Å². The van der Waals surface area contributed by atoms with Crippen molar-refractivity contribution in [2.24, 2.45) is 0 Å². The third-order valence-corrected chi connectivity index (χ3v) is 8.46. The highest BCUT2D eigenvalue weighted by Gasteiger charge is 2.46. The molecule has 6 rings (SSSR count). The molecule has 4 aromatic rings. The Hall–Kier alpha value is -4.63. The normalized spacial score (nSPS) is 13.6. The number of hydrogen-bond acceptors (Lipinski definition) is 3. The SMILES string of the molecule is C=[N+]1c2c(cccc2[O][Al]([O]c2ccc(-c3ccccc3)cc2)[O]c2cccc3c2[N+](=C)[C-](C)C=C3)C=C[C-]1C. The fourth-order valence-electron chi connectivity index (χ4n) is 4.82. The van der Waals surface area contributed by atoms with Crippen molar-refractivity contribution in [3.63, 3.8) is 0 Å². The summed E-state index contributed by atoms with van der Waals surface area (Å²) in [6, 6.07) is 32.2. The van der Waals surface area contributed by atoms with Crippen molar-refractivity contribution < 1.29 is 20.5 Å². The van der Waals surface area contributed by atoms with Crippen LogP contribution in [0.1, 0.15) is 25.0 Å². The number of fused-ring (bicyclic) bond motifs is 2. The fraction of sp³-hybridized carbons (Fsp3) is 0.0588. The van der Waals surface area contributed by atoms with Gasteiger partial charge in [-0.3, -0.25) is 9.15 Å². The molecule has 196 valence electrons. The first-order valence-electron chi connectivity index (χ1n) is 13.1. The average Bonchev–Trinajstić information content (AvgIpc) is 2.98. The lowest BCUT2D eigenvalue weighted by atomic mass is 10.1. The Balaban J connectivity index is 1.35. The minimum absolute atomic E-state index is 0.660. The van der Waals surface area contributed by atoms with Crippen molar-refractivity contribution in [1.82, 2.24) is 0 Å². The second kappa shape index (κ2) is 10.9. The molecule has 0 saturated carbocycles. The van der Waals surface area contributed by atoms with Crippen molar-refractivity contribution in [2.75, 3.05) is 0 Å². The number of rotatable bonds is 7. The Morgan fingerprint density at radius 1 is 0.575 bits per heavy atom. The van der Waals surface area contributed by atoms with Crippen molar-refractivity contribution in [2.45, 2.75) is 13.8 Å². The van der Waals surface area contributed by atoms with Gasteiger partial charge in [-0.25, -0.2) is 0 Å². The third kappa shape index (κ3) is 5.03. The molecule has 0 aromatic heterocycles. The molecule has 0 bridgehead atoms. The molecule has 2 heterocycles. The molecule has 0 saturated heterocycles. The van der Waals surface area contributed by atoms with Crippen LogP contribution in [0.5, 0.6) is 17.2 Å². The molecule has 5 nitrogen and oxygen atoms in total. The highest BCUT2D eigenvalue weighted by atomic mass is 27.3. The van der Waals surface area contributed by atoms with Gasteiger partial charge in [0.15, 0.2) is 11.4 Å². The van der Waals surface area contributed by atoms with E-state index >= 15 is 0 Å². The first-order chi connectivity index (χ1) is 19.5. The molecule has 0 amide bonds. The molecule has 4 aromatic carbocycles. The van der Waals surface area contributed by atoms with Gasteiger partial charge < -0.3 is 11.4 Å². The van der Waals surface area contributed by atoms with Crippen LogP contribution in [0.3, 0.4) is 0 Å². The fourth-order valence-corrected chi connectivity index (χ4v) is 6.13. The standard InChI is InChI=1S/C12H10O.2C11H11NO.Al/c13-12-8-6-11(7-9-12)10-4-2-1-3-5-10;2*1-8-6-7-9-4-3-5-10(13)11(9)12(8)2;/h1-9,13H;2*3-7,13H,2H2,1H3;/q;;;+3/p-3. The van der Waals surface area contributed by atoms with Gasteiger partial charge in [-0.15, -0.1) is 12.2 Å². The topological polar surface area (TPSA) is 33.7 Å². The lowest BCUT2D eigenvalue weighted by Gasteiger charge is -2.26. The van der Waals surface area contributed by atoms with Crippen LogP contribution in [-0.2, 0) is 0 Å². The maximum absolute atomic E-state index is 6.61. The molecule has 0 N–H and O–H groups in total. The highest BCUT2D eigenvalue weighted by Crippen LogP contribution is 2.40. The predicted octanol–water partition coefficient (Wildman–Crippen LogP) is 7.72. The zero-order chi connectivity index (χ0) is 27.6. The van der Waals surface area contributed by atoms with E-state index in [1.54, 1.807) is 0 Å². The van der Waals surface area contributed by atoms with E-state index in [2.05, 4.69) is 37.7 Å². The molecular formula is C34H29AlN2O3. The van der Waals surface area contributed by atoms with E-state index in [0.717, 1.165) is 45.7 Å². The summed E-state index contributed by atoms with van der Waals surface area (Å²) in [5.74, 6) is 1.99. The molecule has 2 aliphatic heterocycles. The maximum Gasteiger partial charge on any atom is 1.20 e. The highest BCUT2D eigenvalue weighted by molar-refractivity contribution is 6.39. The predicted molar refractivity (Wildman–Crippen MR) is 162 cm³/mol. The summed E-state index contributed by atoms with van der Waals surface area (Å²) in [5, 5.41) is 0. The smallest absolute Gasteiger partial charge is 0.580 e. The minimum atomic E-state index is -2.87. The zero-order valence-corrected chi connectivity index (χ0v) is 23.7. The zero-order valence-electron chi connectivity index (χ0n) is 22.6. The van der Waals surface area contributed by atoms with E-state index in [9.17, 15) is 0 Å². The van der Waals surface area contributed by atoms with Gasteiger partial charge in [0.25, 0.3) is 0 Å². The van der Waals surface area contributed by atoms with Crippen molar-refractivity contribution in [1.29, 1.82) is 0 Å². The lowest BCUT2D eigenvalue weighted by molar-refractivity contribution is -0.406. The van der Waals surface area contributed by atoms with Crippen LogP contribution in [0, 0.1) is 12.1 Å². The Bertz CT molecular complexity index is 1560. The second-order valence-corrected chi connectivity index (χ2v) is 11.0. The quantitative estimate of drug-likeness (QED) is 0.137. The average molecular weight is 541 g/mol. The van der Waals surface area contributed by atoms with Crippen LogP contribution in [0.2, 0.25) is 0 Å². The summed E-state index contributed by atoms with van der Waals surface area (Å²) in [7, 11) is 0. The van der Waals surface area contributed by atoms with E-state index in [-0.39, 0.29) is 0 Å². The van der Waals surface area contributed by atoms with Gasteiger partial charge in [0.05, 0.1) is 31.3 Å². The molecule has 0 radical (unpaired) electrons. The Morgan fingerprint density at radius 3 is 1.60 bits per heavy atom. The maximum atomic E-state index is 6.61. The Morgan fingerprint density at radius 2 is 1.07 bits per heavy atom.